The first-order valence-electron chi connectivity index (χ1n) is 18.4. The van der Waals surface area contributed by atoms with Gasteiger partial charge in [-0.2, -0.15) is 0 Å². The first-order valence-corrected chi connectivity index (χ1v) is 18.4. The van der Waals surface area contributed by atoms with Crippen molar-refractivity contribution in [2.24, 2.45) is 0 Å². The molecule has 1 aliphatic rings. The maximum absolute atomic E-state index is 11.7. The number of hydrogen-bond acceptors (Lipinski definition) is 10. The van der Waals surface area contributed by atoms with Crippen LogP contribution in [0.1, 0.15) is 83.1 Å². The number of aryl methyl sites for hydroxylation is 1. The zero-order chi connectivity index (χ0) is 36.5. The zero-order valence-corrected chi connectivity index (χ0v) is 31.2. The lowest BCUT2D eigenvalue weighted by molar-refractivity contribution is -0.139. The highest BCUT2D eigenvalue weighted by atomic mass is 16.7. The molecule has 0 aromatic heterocycles. The Kier molecular flexibility index (Phi) is 21.5. The van der Waals surface area contributed by atoms with Crippen molar-refractivity contribution in [1.29, 1.82) is 0 Å². The monoisotopic (exact) mass is 712 g/mol. The lowest BCUT2D eigenvalue weighted by Gasteiger charge is -2.18. The number of ether oxygens (including phenoxy) is 8. The fourth-order valence-corrected chi connectivity index (χ4v) is 5.87. The third kappa shape index (κ3) is 17.9. The number of carbonyl (C=O) groups excluding carboxylic acids is 1. The van der Waals surface area contributed by atoms with Gasteiger partial charge in [0, 0.05) is 32.6 Å². The highest BCUT2D eigenvalue weighted by molar-refractivity contribution is 5.90. The molecule has 1 unspecified atom stereocenters. The molecule has 0 bridgehead atoms. The second-order valence-electron chi connectivity index (χ2n) is 13.0. The minimum atomic E-state index is -0.441. The summed E-state index contributed by atoms with van der Waals surface area (Å²) in [7, 11) is 4.89. The van der Waals surface area contributed by atoms with Gasteiger partial charge in [-0.1, -0.05) is 49.9 Å². The number of aliphatic hydroxyl groups excluding tert-OH is 1. The van der Waals surface area contributed by atoms with Gasteiger partial charge < -0.3 is 43.0 Å². The van der Waals surface area contributed by atoms with E-state index in [1.165, 1.54) is 16.3 Å². The van der Waals surface area contributed by atoms with Crippen molar-refractivity contribution in [3.8, 4) is 17.6 Å². The van der Waals surface area contributed by atoms with Crippen molar-refractivity contribution >= 4 is 16.7 Å². The van der Waals surface area contributed by atoms with Crippen molar-refractivity contribution in [2.45, 2.75) is 108 Å². The van der Waals surface area contributed by atoms with Crippen molar-refractivity contribution in [2.75, 3.05) is 61.3 Å². The highest BCUT2D eigenvalue weighted by Crippen LogP contribution is 2.23. The minimum absolute atomic E-state index is 0.0775. The van der Waals surface area contributed by atoms with Crippen LogP contribution in [-0.4, -0.2) is 96.8 Å². The van der Waals surface area contributed by atoms with E-state index in [-0.39, 0.29) is 37.9 Å². The van der Waals surface area contributed by atoms with Crippen LogP contribution in [0.3, 0.4) is 0 Å². The average molecular weight is 713 g/mol. The molecule has 0 spiro atoms. The summed E-state index contributed by atoms with van der Waals surface area (Å²) in [6, 6.07) is 12.7. The van der Waals surface area contributed by atoms with Crippen LogP contribution in [0, 0.1) is 11.8 Å². The molecule has 0 saturated carbocycles. The molecule has 10 heteroatoms. The van der Waals surface area contributed by atoms with Crippen molar-refractivity contribution in [1.82, 2.24) is 0 Å². The number of unbranched alkanes of at least 4 members (excludes halogenated alkanes) is 4. The first kappa shape index (κ1) is 42.4. The summed E-state index contributed by atoms with van der Waals surface area (Å²) in [5.74, 6) is 6.91. The van der Waals surface area contributed by atoms with E-state index in [1.54, 1.807) is 21.3 Å². The number of carbonyl (C=O) groups is 1. The predicted octanol–water partition coefficient (Wildman–Crippen LogP) is 6.93. The molecule has 0 saturated heterocycles. The van der Waals surface area contributed by atoms with Crippen LogP contribution in [0.5, 0.6) is 5.75 Å². The van der Waals surface area contributed by atoms with E-state index in [1.807, 2.05) is 19.1 Å². The van der Waals surface area contributed by atoms with E-state index in [9.17, 15) is 9.90 Å². The topological polar surface area (TPSA) is 111 Å². The summed E-state index contributed by atoms with van der Waals surface area (Å²) in [6.07, 6.45) is 11.4. The molecular formula is C41H60O10. The molecule has 284 valence electrons. The molecule has 2 aromatic rings. The molecule has 0 fully saturated rings. The van der Waals surface area contributed by atoms with Gasteiger partial charge in [0.15, 0.2) is 0 Å². The smallest absolute Gasteiger partial charge is 0.334 e. The van der Waals surface area contributed by atoms with E-state index in [0.717, 1.165) is 75.5 Å². The molecule has 4 atom stereocenters. The molecule has 1 heterocycles. The minimum Gasteiger partial charge on any atom is -0.497 e. The van der Waals surface area contributed by atoms with E-state index in [4.69, 9.17) is 37.9 Å². The second kappa shape index (κ2) is 25.9. The van der Waals surface area contributed by atoms with E-state index >= 15 is 0 Å². The summed E-state index contributed by atoms with van der Waals surface area (Å²) in [4.78, 5) is 11.7. The number of aliphatic hydroxyl groups is 1. The van der Waals surface area contributed by atoms with Gasteiger partial charge in [0.25, 0.3) is 0 Å². The molecule has 51 heavy (non-hydrogen) atoms. The number of fused-ring (bicyclic) bond motifs is 1. The van der Waals surface area contributed by atoms with Gasteiger partial charge in [-0.3, -0.25) is 0 Å². The summed E-state index contributed by atoms with van der Waals surface area (Å²) in [5, 5.41) is 12.7. The predicted molar refractivity (Wildman–Crippen MR) is 198 cm³/mol. The van der Waals surface area contributed by atoms with Crippen LogP contribution in [0.2, 0.25) is 0 Å². The van der Waals surface area contributed by atoms with Crippen LogP contribution >= 0.6 is 0 Å². The number of hydrogen-bond donors (Lipinski definition) is 1. The lowest BCUT2D eigenvalue weighted by atomic mass is 10.0. The quantitative estimate of drug-likeness (QED) is 0.0432. The van der Waals surface area contributed by atoms with Crippen LogP contribution in [0.15, 0.2) is 48.0 Å². The van der Waals surface area contributed by atoms with Crippen LogP contribution in [0.4, 0.5) is 0 Å². The maximum Gasteiger partial charge on any atom is 0.334 e. The third-order valence-electron chi connectivity index (χ3n) is 8.69. The number of benzene rings is 2. The Labute approximate surface area is 305 Å². The molecule has 1 aliphatic heterocycles. The Morgan fingerprint density at radius 3 is 2.18 bits per heavy atom. The SMILES string of the molecule is COCO[C@@H](CC#CCC(O)CCCCCCCC1=C[C@H](C)OC1=O)COCCOC[C@H](CCCc1ccc2ccc(OC)cc2c1)OCOC. The van der Waals surface area contributed by atoms with Gasteiger partial charge >= 0.3 is 5.97 Å². The maximum atomic E-state index is 11.7. The standard InChI is InChI=1S/C41H60O10/c1-32-25-35(41(43)51-32)14-8-6-5-7-9-15-37(42)16-10-11-17-39(49-30-44-2)28-47-23-24-48-29-40(50-31-45-3)18-12-13-33-19-20-34-21-22-38(46-4)27-36(34)26-33/h19-22,25-27,32,37,39-40,42H,5-9,12-18,23-24,28-31H2,1-4H3/t32-,37?,39-,40-/m0/s1. The molecule has 1 N–H and O–H groups in total. The van der Waals surface area contributed by atoms with Crippen molar-refractivity contribution in [3.05, 3.63) is 53.6 Å². The summed E-state index contributed by atoms with van der Waals surface area (Å²) >= 11 is 0. The summed E-state index contributed by atoms with van der Waals surface area (Å²) in [6.45, 7) is 3.92. The molecular weight excluding hydrogens is 652 g/mol. The van der Waals surface area contributed by atoms with Crippen LogP contribution in [-0.2, 0) is 44.4 Å². The van der Waals surface area contributed by atoms with Gasteiger partial charge in [0.05, 0.1) is 51.8 Å². The Balaban J connectivity index is 1.25. The van der Waals surface area contributed by atoms with Crippen LogP contribution < -0.4 is 4.74 Å². The van der Waals surface area contributed by atoms with Gasteiger partial charge in [-0.05, 0) is 80.0 Å². The number of cyclic esters (lactones) is 1. The van der Waals surface area contributed by atoms with Gasteiger partial charge in [-0.25, -0.2) is 4.79 Å². The van der Waals surface area contributed by atoms with Gasteiger partial charge in [-0.15, -0.1) is 11.8 Å². The first-order chi connectivity index (χ1) is 24.9. The summed E-state index contributed by atoms with van der Waals surface area (Å²) < 4.78 is 44.1. The molecule has 10 nitrogen and oxygen atoms in total. The molecule has 0 amide bonds. The fourth-order valence-electron chi connectivity index (χ4n) is 5.87. The number of rotatable bonds is 28. The van der Waals surface area contributed by atoms with Gasteiger partial charge in [0.1, 0.15) is 25.4 Å². The Hall–Kier alpha value is -3.01. The second-order valence-corrected chi connectivity index (χ2v) is 13.0. The molecule has 2 aromatic carbocycles. The Bertz CT molecular complexity index is 1350. The normalized spacial score (nSPS) is 16.0. The highest BCUT2D eigenvalue weighted by Gasteiger charge is 2.21. The number of methoxy groups -OCH3 is 3. The molecule has 0 aliphatic carbocycles. The average Bonchev–Trinajstić information content (AvgIpc) is 3.46. The van der Waals surface area contributed by atoms with Gasteiger partial charge in [0.2, 0.25) is 0 Å². The van der Waals surface area contributed by atoms with E-state index in [2.05, 4.69) is 42.2 Å². The lowest BCUT2D eigenvalue weighted by Crippen LogP contribution is -2.24. The third-order valence-corrected chi connectivity index (χ3v) is 8.69. The van der Waals surface area contributed by atoms with E-state index in [0.29, 0.717) is 39.3 Å². The van der Waals surface area contributed by atoms with E-state index < -0.39 is 6.10 Å². The summed E-state index contributed by atoms with van der Waals surface area (Å²) in [5.41, 5.74) is 2.09. The fraction of sp³-hybridized carbons (Fsp3) is 0.634. The zero-order valence-electron chi connectivity index (χ0n) is 31.2. The van der Waals surface area contributed by atoms with Crippen LogP contribution in [0.25, 0.3) is 10.8 Å². The van der Waals surface area contributed by atoms with Crippen molar-refractivity contribution < 1.29 is 47.8 Å². The Morgan fingerprint density at radius 1 is 0.765 bits per heavy atom. The molecule has 0 radical (unpaired) electrons. The number of esters is 1. The molecule has 3 rings (SSSR count). The van der Waals surface area contributed by atoms with Crippen molar-refractivity contribution in [3.63, 3.8) is 0 Å². The Morgan fingerprint density at radius 2 is 1.45 bits per heavy atom. The largest absolute Gasteiger partial charge is 0.497 e.